The second-order valence-corrected chi connectivity index (χ2v) is 6.22. The van der Waals surface area contributed by atoms with Gasteiger partial charge in [0.1, 0.15) is 22.1 Å². The number of aromatic carboxylic acids is 1. The smallest absolute Gasteiger partial charge is 0.354 e. The lowest BCUT2D eigenvalue weighted by atomic mass is 10.1. The van der Waals surface area contributed by atoms with Gasteiger partial charge in [-0.1, -0.05) is 0 Å². The highest BCUT2D eigenvalue weighted by atomic mass is 32.1. The second kappa shape index (κ2) is 8.45. The largest absolute Gasteiger partial charge is 0.477 e. The number of carboxylic acids is 1. The lowest BCUT2D eigenvalue weighted by molar-refractivity contribution is -0.116. The van der Waals surface area contributed by atoms with Crippen molar-refractivity contribution in [3.8, 4) is 0 Å². The predicted molar refractivity (Wildman–Crippen MR) is 94.2 cm³/mol. The first-order valence-electron chi connectivity index (χ1n) is 7.73. The number of amides is 1. The van der Waals surface area contributed by atoms with Crippen LogP contribution in [-0.4, -0.2) is 52.4 Å². The quantitative estimate of drug-likeness (QED) is 0.674. The van der Waals surface area contributed by atoms with Crippen LogP contribution in [0.3, 0.4) is 0 Å². The van der Waals surface area contributed by atoms with E-state index in [-0.39, 0.29) is 34.3 Å². The predicted octanol–water partition coefficient (Wildman–Crippen LogP) is 1.55. The number of carboxylic acid groups (broad SMARTS) is 1. The number of nitrogens with zero attached hydrogens (tertiary/aromatic N) is 2. The Morgan fingerprint density at radius 2 is 2.00 bits per heavy atom. The molecule has 0 aromatic carbocycles. The van der Waals surface area contributed by atoms with Crippen LogP contribution in [0.1, 0.15) is 43.0 Å². The maximum atomic E-state index is 12.3. The molecule has 0 aliphatic heterocycles. The Morgan fingerprint density at radius 3 is 2.59 bits per heavy atom. The van der Waals surface area contributed by atoms with Crippen molar-refractivity contribution in [1.82, 2.24) is 9.78 Å². The van der Waals surface area contributed by atoms with Crippen molar-refractivity contribution < 1.29 is 33.8 Å². The summed E-state index contributed by atoms with van der Waals surface area (Å²) in [7, 11) is 1.18. The van der Waals surface area contributed by atoms with E-state index in [2.05, 4.69) is 10.4 Å². The molecule has 2 aromatic heterocycles. The molecule has 0 aliphatic carbocycles. The van der Waals surface area contributed by atoms with Gasteiger partial charge in [-0.05, 0) is 25.5 Å². The van der Waals surface area contributed by atoms with Gasteiger partial charge in [0.25, 0.3) is 0 Å². The number of hydrogen-bond acceptors (Lipinski definition) is 8. The van der Waals surface area contributed by atoms with Crippen LogP contribution in [0, 0.1) is 6.92 Å². The number of methoxy groups -OCH3 is 1. The van der Waals surface area contributed by atoms with Crippen molar-refractivity contribution in [2.75, 3.05) is 19.0 Å². The Labute approximate surface area is 157 Å². The number of rotatable bonds is 7. The third-order valence-electron chi connectivity index (χ3n) is 3.48. The number of hydrogen-bond donors (Lipinski definition) is 2. The lowest BCUT2D eigenvalue weighted by Crippen LogP contribution is -2.22. The molecule has 0 radical (unpaired) electrons. The molecule has 0 saturated heterocycles. The molecule has 0 atom stereocenters. The van der Waals surface area contributed by atoms with E-state index >= 15 is 0 Å². The fourth-order valence-corrected chi connectivity index (χ4v) is 3.39. The molecule has 0 bridgehead atoms. The Kier molecular flexibility index (Phi) is 6.29. The molecule has 0 aliphatic rings. The van der Waals surface area contributed by atoms with Gasteiger partial charge in [0, 0.05) is 6.20 Å². The average Bonchev–Trinajstić information content (AvgIpc) is 3.19. The summed E-state index contributed by atoms with van der Waals surface area (Å²) in [6.45, 7) is 2.96. The minimum atomic E-state index is -1.23. The van der Waals surface area contributed by atoms with Crippen molar-refractivity contribution in [2.45, 2.75) is 20.4 Å². The van der Waals surface area contributed by atoms with Crippen molar-refractivity contribution in [3.63, 3.8) is 0 Å². The van der Waals surface area contributed by atoms with Gasteiger partial charge in [-0.3, -0.25) is 4.79 Å². The fourth-order valence-electron chi connectivity index (χ4n) is 2.28. The highest BCUT2D eigenvalue weighted by Crippen LogP contribution is 2.34. The Bertz CT molecular complexity index is 900. The summed E-state index contributed by atoms with van der Waals surface area (Å²) < 4.78 is 10.7. The number of carbonyl (C=O) groups excluding carboxylic acids is 3. The van der Waals surface area contributed by atoms with Crippen LogP contribution in [-0.2, 0) is 20.8 Å². The van der Waals surface area contributed by atoms with E-state index in [4.69, 9.17) is 14.6 Å². The zero-order valence-electron chi connectivity index (χ0n) is 14.8. The summed E-state index contributed by atoms with van der Waals surface area (Å²) in [6, 6.07) is 1.25. The average molecular weight is 395 g/mol. The summed E-state index contributed by atoms with van der Waals surface area (Å²) in [5.74, 6) is -3.19. The molecule has 0 fully saturated rings. The Hall–Kier alpha value is -3.21. The Balaban J connectivity index is 2.31. The van der Waals surface area contributed by atoms with E-state index in [1.54, 1.807) is 13.8 Å². The molecular formula is C16H17N3O7S. The van der Waals surface area contributed by atoms with Gasteiger partial charge in [0.2, 0.25) is 5.91 Å². The summed E-state index contributed by atoms with van der Waals surface area (Å²) in [5.41, 5.74) is 0.205. The molecule has 2 aromatic rings. The molecule has 144 valence electrons. The van der Waals surface area contributed by atoms with Gasteiger partial charge in [-0.25, -0.2) is 19.1 Å². The van der Waals surface area contributed by atoms with Crippen LogP contribution >= 0.6 is 11.3 Å². The number of ether oxygens (including phenoxy) is 2. The molecule has 27 heavy (non-hydrogen) atoms. The van der Waals surface area contributed by atoms with Crippen LogP contribution in [0.2, 0.25) is 0 Å². The number of nitrogens with one attached hydrogen (secondary N) is 1. The van der Waals surface area contributed by atoms with Gasteiger partial charge in [0.05, 0.1) is 19.3 Å². The maximum Gasteiger partial charge on any atom is 0.354 e. The standard InChI is InChI=1S/C16H17N3O7S/c1-4-26-16(24)12-8(2)11(15(23)25-3)13(27-12)18-10(20)7-19-9(14(21)22)5-6-17-19/h5-6H,4,7H2,1-3H3,(H,18,20)(H,21,22). The lowest BCUT2D eigenvalue weighted by Gasteiger charge is -2.07. The van der Waals surface area contributed by atoms with E-state index < -0.39 is 23.8 Å². The summed E-state index contributed by atoms with van der Waals surface area (Å²) in [6.07, 6.45) is 1.25. The maximum absolute atomic E-state index is 12.3. The molecule has 1 amide bonds. The van der Waals surface area contributed by atoms with Crippen molar-refractivity contribution in [2.24, 2.45) is 0 Å². The van der Waals surface area contributed by atoms with Crippen LogP contribution in [0.25, 0.3) is 0 Å². The third-order valence-corrected chi connectivity index (χ3v) is 4.67. The molecule has 0 unspecified atom stereocenters. The van der Waals surface area contributed by atoms with Gasteiger partial charge in [0.15, 0.2) is 0 Å². The number of esters is 2. The summed E-state index contributed by atoms with van der Waals surface area (Å²) in [4.78, 5) is 47.7. The number of thiophene rings is 1. The highest BCUT2D eigenvalue weighted by molar-refractivity contribution is 7.18. The Morgan fingerprint density at radius 1 is 1.30 bits per heavy atom. The zero-order chi connectivity index (χ0) is 20.1. The fraction of sp³-hybridized carbons (Fsp3) is 0.312. The number of carbonyl (C=O) groups is 4. The topological polar surface area (TPSA) is 137 Å². The van der Waals surface area contributed by atoms with E-state index in [0.29, 0.717) is 5.56 Å². The zero-order valence-corrected chi connectivity index (χ0v) is 15.6. The van der Waals surface area contributed by atoms with Crippen LogP contribution in [0.4, 0.5) is 5.00 Å². The van der Waals surface area contributed by atoms with Crippen LogP contribution < -0.4 is 5.32 Å². The minimum Gasteiger partial charge on any atom is -0.477 e. The molecule has 2 N–H and O–H groups in total. The normalized spacial score (nSPS) is 10.3. The first kappa shape index (κ1) is 20.1. The minimum absolute atomic E-state index is 0.0397. The number of aromatic nitrogens is 2. The van der Waals surface area contributed by atoms with Crippen LogP contribution in [0.5, 0.6) is 0 Å². The van der Waals surface area contributed by atoms with Crippen molar-refractivity contribution >= 4 is 40.2 Å². The molecule has 11 heteroatoms. The van der Waals surface area contributed by atoms with E-state index in [1.807, 2.05) is 0 Å². The van der Waals surface area contributed by atoms with E-state index in [9.17, 15) is 19.2 Å². The molecule has 2 rings (SSSR count). The van der Waals surface area contributed by atoms with Crippen LogP contribution in [0.15, 0.2) is 12.3 Å². The molecular weight excluding hydrogens is 378 g/mol. The van der Waals surface area contributed by atoms with Gasteiger partial charge in [-0.2, -0.15) is 5.10 Å². The molecule has 0 saturated carbocycles. The first-order valence-corrected chi connectivity index (χ1v) is 8.55. The van der Waals surface area contributed by atoms with Crippen molar-refractivity contribution in [3.05, 3.63) is 34.0 Å². The van der Waals surface area contributed by atoms with E-state index in [0.717, 1.165) is 16.0 Å². The van der Waals surface area contributed by atoms with E-state index in [1.165, 1.54) is 19.4 Å². The van der Waals surface area contributed by atoms with Crippen molar-refractivity contribution in [1.29, 1.82) is 0 Å². The monoisotopic (exact) mass is 395 g/mol. The van der Waals surface area contributed by atoms with Gasteiger partial charge < -0.3 is 19.9 Å². The SMILES string of the molecule is CCOC(=O)c1sc(NC(=O)Cn2nccc2C(=O)O)c(C(=O)OC)c1C. The highest BCUT2D eigenvalue weighted by Gasteiger charge is 2.27. The molecule has 0 spiro atoms. The van der Waals surface area contributed by atoms with Gasteiger partial charge >= 0.3 is 17.9 Å². The second-order valence-electron chi connectivity index (χ2n) is 5.20. The molecule has 2 heterocycles. The third kappa shape index (κ3) is 4.31. The van der Waals surface area contributed by atoms with Gasteiger partial charge in [-0.15, -0.1) is 11.3 Å². The summed E-state index contributed by atoms with van der Waals surface area (Å²) >= 11 is 0.876. The molecule has 10 nitrogen and oxygen atoms in total. The summed E-state index contributed by atoms with van der Waals surface area (Å²) in [5, 5.41) is 15.4. The number of anilines is 1. The first-order chi connectivity index (χ1) is 12.8.